The van der Waals surface area contributed by atoms with Crippen molar-refractivity contribution in [1.82, 2.24) is 10.3 Å². The van der Waals surface area contributed by atoms with E-state index >= 15 is 0 Å². The summed E-state index contributed by atoms with van der Waals surface area (Å²) in [6.07, 6.45) is 3.71. The van der Waals surface area contributed by atoms with Gasteiger partial charge in [0.25, 0.3) is 0 Å². The van der Waals surface area contributed by atoms with E-state index in [1.165, 1.54) is 10.9 Å². The molecule has 0 amide bonds. The largest absolute Gasteiger partial charge is 0.493 e. The molecule has 0 saturated carbocycles. The number of guanidine groups is 1. The lowest BCUT2D eigenvalue weighted by Crippen LogP contribution is -2.37. The number of fused-ring (bicyclic) bond motifs is 2. The molecule has 3 aromatic rings. The third kappa shape index (κ3) is 3.45. The Kier molecular flexibility index (Phi) is 4.29. The maximum atomic E-state index is 6.09. The first-order valence-corrected chi connectivity index (χ1v) is 8.64. The molecule has 4 N–H and O–H groups in total. The van der Waals surface area contributed by atoms with Gasteiger partial charge < -0.3 is 20.8 Å². The van der Waals surface area contributed by atoms with Crippen LogP contribution in [0.15, 0.2) is 59.7 Å². The Hall–Kier alpha value is -2.95. The van der Waals surface area contributed by atoms with E-state index < -0.39 is 0 Å². The molecule has 0 fully saturated rings. The Bertz CT molecular complexity index is 899. The Morgan fingerprint density at radius 1 is 1.24 bits per heavy atom. The Labute approximate surface area is 146 Å². The van der Waals surface area contributed by atoms with Crippen LogP contribution in [-0.2, 0) is 6.42 Å². The van der Waals surface area contributed by atoms with Crippen LogP contribution >= 0.6 is 0 Å². The minimum atomic E-state index is 0.157. The van der Waals surface area contributed by atoms with Crippen molar-refractivity contribution in [3.05, 3.63) is 65.9 Å². The number of aliphatic imine (C=N–C) groups is 1. The molecule has 0 bridgehead atoms. The Morgan fingerprint density at radius 2 is 2.16 bits per heavy atom. The first-order valence-electron chi connectivity index (χ1n) is 8.64. The second kappa shape index (κ2) is 6.89. The number of hydrogen-bond acceptors (Lipinski definition) is 2. The van der Waals surface area contributed by atoms with Gasteiger partial charge in [-0.05, 0) is 41.6 Å². The van der Waals surface area contributed by atoms with E-state index in [9.17, 15) is 0 Å². The summed E-state index contributed by atoms with van der Waals surface area (Å²) in [7, 11) is 0. The molecule has 0 aliphatic carbocycles. The number of nitrogens with one attached hydrogen (secondary N) is 2. The number of aromatic nitrogens is 1. The van der Waals surface area contributed by atoms with E-state index in [1.54, 1.807) is 0 Å². The van der Waals surface area contributed by atoms with Crippen molar-refractivity contribution < 1.29 is 4.74 Å². The molecular formula is C20H22N4O. The van der Waals surface area contributed by atoms with Crippen LogP contribution in [0.4, 0.5) is 0 Å². The lowest BCUT2D eigenvalue weighted by atomic mass is 10.0. The van der Waals surface area contributed by atoms with Crippen molar-refractivity contribution in [3.63, 3.8) is 0 Å². The number of para-hydroxylation sites is 1. The van der Waals surface area contributed by atoms with Crippen molar-refractivity contribution in [3.8, 4) is 5.75 Å². The molecule has 5 heteroatoms. The van der Waals surface area contributed by atoms with Crippen LogP contribution in [0.1, 0.15) is 23.6 Å². The number of rotatable bonds is 4. The fourth-order valence-electron chi connectivity index (χ4n) is 3.28. The number of benzene rings is 2. The van der Waals surface area contributed by atoms with E-state index in [2.05, 4.69) is 45.6 Å². The predicted molar refractivity (Wildman–Crippen MR) is 101 cm³/mol. The van der Waals surface area contributed by atoms with Gasteiger partial charge in [0.1, 0.15) is 5.75 Å². The number of aromatic amines is 1. The maximum absolute atomic E-state index is 6.09. The second-order valence-corrected chi connectivity index (χ2v) is 6.29. The number of nitrogens with zero attached hydrogens (tertiary/aromatic N) is 1. The zero-order chi connectivity index (χ0) is 17.1. The summed E-state index contributed by atoms with van der Waals surface area (Å²) in [6.45, 7) is 1.36. The van der Waals surface area contributed by atoms with Crippen LogP contribution in [0.3, 0.4) is 0 Å². The van der Waals surface area contributed by atoms with Gasteiger partial charge in [0.15, 0.2) is 5.96 Å². The van der Waals surface area contributed by atoms with Crippen LogP contribution in [0.25, 0.3) is 10.9 Å². The van der Waals surface area contributed by atoms with E-state index in [1.807, 2.05) is 24.4 Å². The van der Waals surface area contributed by atoms with Gasteiger partial charge in [0.05, 0.1) is 12.6 Å². The summed E-state index contributed by atoms with van der Waals surface area (Å²) in [5, 5.41) is 4.56. The molecule has 0 spiro atoms. The predicted octanol–water partition coefficient (Wildman–Crippen LogP) is 3.14. The smallest absolute Gasteiger partial charge is 0.189 e. The molecule has 2 aromatic carbocycles. The van der Waals surface area contributed by atoms with E-state index in [0.717, 1.165) is 29.7 Å². The van der Waals surface area contributed by atoms with Crippen LogP contribution in [-0.4, -0.2) is 24.1 Å². The average Bonchev–Trinajstić information content (AvgIpc) is 3.10. The number of nitrogens with two attached hydrogens (primary N) is 1. The van der Waals surface area contributed by atoms with E-state index in [-0.39, 0.29) is 6.04 Å². The summed E-state index contributed by atoms with van der Waals surface area (Å²) in [5.74, 6) is 1.42. The maximum Gasteiger partial charge on any atom is 0.189 e. The number of ether oxygens (including phenoxy) is 1. The summed E-state index contributed by atoms with van der Waals surface area (Å²) in [5.41, 5.74) is 9.66. The topological polar surface area (TPSA) is 75.4 Å². The molecule has 25 heavy (non-hydrogen) atoms. The van der Waals surface area contributed by atoms with Crippen molar-refractivity contribution in [2.24, 2.45) is 10.7 Å². The van der Waals surface area contributed by atoms with Gasteiger partial charge in [-0.25, -0.2) is 0 Å². The molecule has 4 rings (SSSR count). The lowest BCUT2D eigenvalue weighted by Gasteiger charge is -2.26. The zero-order valence-electron chi connectivity index (χ0n) is 14.0. The minimum Gasteiger partial charge on any atom is -0.493 e. The average molecular weight is 334 g/mol. The van der Waals surface area contributed by atoms with Crippen LogP contribution in [0, 0.1) is 0 Å². The van der Waals surface area contributed by atoms with Crippen molar-refractivity contribution >= 4 is 16.9 Å². The van der Waals surface area contributed by atoms with Gasteiger partial charge in [-0.3, -0.25) is 4.99 Å². The number of hydrogen-bond donors (Lipinski definition) is 3. The monoisotopic (exact) mass is 334 g/mol. The highest BCUT2D eigenvalue weighted by Crippen LogP contribution is 2.31. The van der Waals surface area contributed by atoms with Crippen molar-refractivity contribution in [1.29, 1.82) is 0 Å². The van der Waals surface area contributed by atoms with Gasteiger partial charge >= 0.3 is 0 Å². The first-order chi connectivity index (χ1) is 12.3. The van der Waals surface area contributed by atoms with Gasteiger partial charge in [0, 0.05) is 30.2 Å². The highest BCUT2D eigenvalue weighted by atomic mass is 16.5. The SMILES string of the molecule is NC(=NCCc1ccc2[nH]ccc2c1)NC1CCOc2ccccc21. The van der Waals surface area contributed by atoms with E-state index in [0.29, 0.717) is 19.1 Å². The second-order valence-electron chi connectivity index (χ2n) is 6.29. The van der Waals surface area contributed by atoms with Crippen molar-refractivity contribution in [2.45, 2.75) is 18.9 Å². The molecule has 1 atom stereocenters. The van der Waals surface area contributed by atoms with Gasteiger partial charge in [-0.2, -0.15) is 0 Å². The first kappa shape index (κ1) is 15.6. The summed E-state index contributed by atoms with van der Waals surface area (Å²) in [6, 6.07) is 16.7. The molecule has 128 valence electrons. The molecule has 2 heterocycles. The van der Waals surface area contributed by atoms with Crippen LogP contribution in [0.5, 0.6) is 5.75 Å². The zero-order valence-corrected chi connectivity index (χ0v) is 14.0. The fraction of sp³-hybridized carbons (Fsp3) is 0.250. The standard InChI is InChI=1S/C20H22N4O/c21-20(24-18-9-12-25-19-4-2-1-3-16(18)19)23-10-7-14-5-6-17-15(13-14)8-11-22-17/h1-6,8,11,13,18,22H,7,9-10,12H2,(H3,21,23,24). The molecule has 5 nitrogen and oxygen atoms in total. The van der Waals surface area contributed by atoms with Gasteiger partial charge in [0.2, 0.25) is 0 Å². The summed E-state index contributed by atoms with van der Waals surface area (Å²) >= 11 is 0. The highest BCUT2D eigenvalue weighted by molar-refractivity contribution is 5.80. The normalized spacial score (nSPS) is 17.1. The molecule has 1 unspecified atom stereocenters. The molecular weight excluding hydrogens is 312 g/mol. The molecule has 1 aliphatic heterocycles. The quantitative estimate of drug-likeness (QED) is 0.507. The summed E-state index contributed by atoms with van der Waals surface area (Å²) < 4.78 is 5.68. The van der Waals surface area contributed by atoms with Gasteiger partial charge in [-0.15, -0.1) is 0 Å². The number of H-pyrrole nitrogens is 1. The Balaban J connectivity index is 1.37. The molecule has 1 aromatic heterocycles. The van der Waals surface area contributed by atoms with Crippen LogP contribution < -0.4 is 15.8 Å². The van der Waals surface area contributed by atoms with Crippen molar-refractivity contribution in [2.75, 3.05) is 13.2 Å². The molecule has 0 radical (unpaired) electrons. The minimum absolute atomic E-state index is 0.157. The fourth-order valence-corrected chi connectivity index (χ4v) is 3.28. The highest BCUT2D eigenvalue weighted by Gasteiger charge is 2.21. The van der Waals surface area contributed by atoms with E-state index in [4.69, 9.17) is 10.5 Å². The lowest BCUT2D eigenvalue weighted by molar-refractivity contribution is 0.262. The molecule has 0 saturated heterocycles. The summed E-state index contributed by atoms with van der Waals surface area (Å²) in [4.78, 5) is 7.70. The third-order valence-corrected chi connectivity index (χ3v) is 4.58. The van der Waals surface area contributed by atoms with Gasteiger partial charge in [-0.1, -0.05) is 24.3 Å². The Morgan fingerprint density at radius 3 is 3.12 bits per heavy atom. The third-order valence-electron chi connectivity index (χ3n) is 4.58. The molecule has 1 aliphatic rings. The van der Waals surface area contributed by atoms with Crippen LogP contribution in [0.2, 0.25) is 0 Å².